The highest BCUT2D eigenvalue weighted by Crippen LogP contribution is 2.38. The first-order valence-corrected chi connectivity index (χ1v) is 15.8. The number of aromatic nitrogens is 2. The van der Waals surface area contributed by atoms with Gasteiger partial charge in [-0.2, -0.15) is 0 Å². The van der Waals surface area contributed by atoms with Gasteiger partial charge in [-0.05, 0) is 18.8 Å². The van der Waals surface area contributed by atoms with E-state index in [1.165, 1.54) is 13.4 Å². The van der Waals surface area contributed by atoms with Crippen LogP contribution in [-0.2, 0) is 35.0 Å². The van der Waals surface area contributed by atoms with Crippen molar-refractivity contribution in [2.45, 2.75) is 127 Å². The Bertz CT molecular complexity index is 1140. The molecular weight excluding hydrogens is 604 g/mol. The Morgan fingerprint density at radius 1 is 1.22 bits per heavy atom. The minimum Gasteiger partial charge on any atom is -0.467 e. The van der Waals surface area contributed by atoms with E-state index in [0.29, 0.717) is 5.69 Å². The van der Waals surface area contributed by atoms with E-state index in [4.69, 9.17) is 24.7 Å². The summed E-state index contributed by atoms with van der Waals surface area (Å²) in [5, 5.41) is 57.1. The molecule has 0 bridgehead atoms. The molecule has 15 heteroatoms. The first-order chi connectivity index (χ1) is 21.5. The number of carbonyl (C=O) groups excluding carboxylic acids is 2. The van der Waals surface area contributed by atoms with Gasteiger partial charge in [0.25, 0.3) is 0 Å². The summed E-state index contributed by atoms with van der Waals surface area (Å²) < 4.78 is 22.9. The number of hydrogen-bond donors (Lipinski definition) is 8. The fraction of sp³-hybridized carbons (Fsp3) is 0.774. The number of carbonyl (C=O) groups is 2. The molecule has 262 valence electrons. The van der Waals surface area contributed by atoms with E-state index in [-0.39, 0.29) is 31.1 Å². The van der Waals surface area contributed by atoms with Crippen LogP contribution in [0.3, 0.4) is 0 Å². The summed E-state index contributed by atoms with van der Waals surface area (Å²) >= 11 is 0. The van der Waals surface area contributed by atoms with Gasteiger partial charge in [-0.25, -0.2) is 9.78 Å². The minimum absolute atomic E-state index is 0.00479. The van der Waals surface area contributed by atoms with Gasteiger partial charge in [-0.1, -0.05) is 39.8 Å². The number of amides is 1. The molecule has 0 spiro atoms. The number of esters is 1. The maximum atomic E-state index is 13.8. The van der Waals surface area contributed by atoms with Crippen molar-refractivity contribution in [3.05, 3.63) is 30.4 Å². The number of nitrogens with two attached hydrogens (primary N) is 1. The summed E-state index contributed by atoms with van der Waals surface area (Å²) in [6, 6.07) is -2.20. The lowest BCUT2D eigenvalue weighted by molar-refractivity contribution is -0.307. The maximum Gasteiger partial charge on any atom is 0.328 e. The lowest BCUT2D eigenvalue weighted by Gasteiger charge is -2.46. The average Bonchev–Trinajstić information content (AvgIpc) is 3.49. The Kier molecular flexibility index (Phi) is 13.7. The third-order valence-corrected chi connectivity index (χ3v) is 8.47. The molecule has 0 radical (unpaired) electrons. The Hall–Kier alpha value is -2.47. The maximum absolute atomic E-state index is 13.8. The third kappa shape index (κ3) is 10.0. The molecule has 0 aliphatic carbocycles. The van der Waals surface area contributed by atoms with Crippen molar-refractivity contribution in [2.75, 3.05) is 7.11 Å². The van der Waals surface area contributed by atoms with E-state index in [1.807, 2.05) is 19.9 Å². The van der Waals surface area contributed by atoms with Crippen molar-refractivity contribution in [2.24, 2.45) is 23.5 Å². The number of rotatable bonds is 14. The number of allylic oxidation sites excluding steroid dienone is 1. The standard InChI is InChI=1S/C31H52N4O11/c1-15(2)7-8-19(45-30-27(39)25(32)26(38)17(5)44-30)10-23-24(22(37)12-31(42,46-23)11-21(36)16(3)4)28(40)35-20(29(41)43-6)9-18-13-33-14-34-18/h7-8,13-17,19-27,30,36-39,42H,9-12,32H2,1-6H3,(H,33,34)(H,35,40)/b8-7+/t17?,19-,20?,21+,22-,23-,24+,25?,26?,27?,30?,31+/m0/s1. The SMILES string of the molecule is COC(=O)C(Cc1c[nH]cn1)NC(=O)[C@H]1[C@H](C[C@H](/C=C/C(C)C)OC2OC(C)C(O)C(N)C2O)O[C@](O)(C[C@@H](O)C(C)C)C[C@@H]1O. The fourth-order valence-corrected chi connectivity index (χ4v) is 5.66. The van der Waals surface area contributed by atoms with E-state index in [0.717, 1.165) is 0 Å². The molecular formula is C31H52N4O11. The zero-order chi connectivity index (χ0) is 34.3. The molecule has 2 aliphatic heterocycles. The Balaban J connectivity index is 1.94. The number of methoxy groups -OCH3 is 1. The molecule has 15 nitrogen and oxygen atoms in total. The van der Waals surface area contributed by atoms with Crippen molar-refractivity contribution in [1.82, 2.24) is 15.3 Å². The zero-order valence-corrected chi connectivity index (χ0v) is 27.4. The number of hydrogen-bond acceptors (Lipinski definition) is 13. The molecule has 3 heterocycles. The van der Waals surface area contributed by atoms with E-state index >= 15 is 0 Å². The van der Waals surface area contributed by atoms with E-state index < -0.39 is 91.1 Å². The number of ether oxygens (including phenoxy) is 4. The average molecular weight is 657 g/mol. The van der Waals surface area contributed by atoms with Crippen molar-refractivity contribution < 1.29 is 54.1 Å². The lowest BCUT2D eigenvalue weighted by Crippen LogP contribution is -2.62. The number of aliphatic hydroxyl groups excluding tert-OH is 4. The second-order valence-electron chi connectivity index (χ2n) is 13.1. The molecule has 3 rings (SSSR count). The molecule has 6 unspecified atom stereocenters. The van der Waals surface area contributed by atoms with Crippen molar-refractivity contribution in [3.63, 3.8) is 0 Å². The van der Waals surface area contributed by atoms with Gasteiger partial charge >= 0.3 is 5.97 Å². The summed E-state index contributed by atoms with van der Waals surface area (Å²) in [5.41, 5.74) is 6.50. The van der Waals surface area contributed by atoms with Crippen LogP contribution in [0.15, 0.2) is 24.7 Å². The smallest absolute Gasteiger partial charge is 0.328 e. The highest BCUT2D eigenvalue weighted by molar-refractivity contribution is 5.86. The van der Waals surface area contributed by atoms with Crippen LogP contribution < -0.4 is 11.1 Å². The van der Waals surface area contributed by atoms with Gasteiger partial charge in [0, 0.05) is 31.9 Å². The van der Waals surface area contributed by atoms with Gasteiger partial charge < -0.3 is 60.5 Å². The van der Waals surface area contributed by atoms with Crippen LogP contribution in [0.5, 0.6) is 0 Å². The highest BCUT2D eigenvalue weighted by atomic mass is 16.7. The first kappa shape index (κ1) is 38.0. The van der Waals surface area contributed by atoms with E-state index in [9.17, 15) is 35.1 Å². The number of imidazole rings is 1. The van der Waals surface area contributed by atoms with Crippen LogP contribution in [0, 0.1) is 17.8 Å². The van der Waals surface area contributed by atoms with Crippen LogP contribution in [0.4, 0.5) is 0 Å². The predicted octanol–water partition coefficient (Wildman–Crippen LogP) is -0.747. The zero-order valence-electron chi connectivity index (χ0n) is 27.4. The predicted molar refractivity (Wildman–Crippen MR) is 163 cm³/mol. The summed E-state index contributed by atoms with van der Waals surface area (Å²) in [5.74, 6) is -4.94. The summed E-state index contributed by atoms with van der Waals surface area (Å²) in [4.78, 5) is 33.4. The summed E-state index contributed by atoms with van der Waals surface area (Å²) in [6.45, 7) is 9.00. The molecule has 0 aromatic carbocycles. The Labute approximate surface area is 269 Å². The molecule has 1 amide bonds. The second-order valence-corrected chi connectivity index (χ2v) is 13.1. The van der Waals surface area contributed by atoms with Crippen LogP contribution >= 0.6 is 0 Å². The van der Waals surface area contributed by atoms with E-state index in [2.05, 4.69) is 15.3 Å². The third-order valence-electron chi connectivity index (χ3n) is 8.47. The number of nitrogens with one attached hydrogen (secondary N) is 2. The monoisotopic (exact) mass is 656 g/mol. The largest absolute Gasteiger partial charge is 0.467 e. The summed E-state index contributed by atoms with van der Waals surface area (Å²) in [7, 11) is 1.18. The minimum atomic E-state index is -2.00. The molecule has 9 N–H and O–H groups in total. The van der Waals surface area contributed by atoms with Crippen LogP contribution in [-0.4, -0.2) is 121 Å². The van der Waals surface area contributed by atoms with Crippen LogP contribution in [0.1, 0.15) is 59.6 Å². The molecule has 2 aliphatic rings. The van der Waals surface area contributed by atoms with Gasteiger partial charge in [0.15, 0.2) is 12.1 Å². The number of aliphatic hydroxyl groups is 5. The summed E-state index contributed by atoms with van der Waals surface area (Å²) in [6.07, 6.45) is -3.30. The second kappa shape index (κ2) is 16.6. The van der Waals surface area contributed by atoms with Gasteiger partial charge in [-0.3, -0.25) is 4.79 Å². The number of H-pyrrole nitrogens is 1. The molecule has 46 heavy (non-hydrogen) atoms. The Morgan fingerprint density at radius 2 is 1.91 bits per heavy atom. The fourth-order valence-electron chi connectivity index (χ4n) is 5.66. The molecule has 2 fully saturated rings. The van der Waals surface area contributed by atoms with Crippen molar-refractivity contribution in [1.29, 1.82) is 0 Å². The number of nitrogens with zero attached hydrogens (tertiary/aromatic N) is 1. The normalized spacial score (nSPS) is 34.0. The molecule has 1 aromatic rings. The quantitative estimate of drug-likeness (QED) is 0.0910. The lowest BCUT2D eigenvalue weighted by atomic mass is 9.81. The number of aromatic amines is 1. The topological polar surface area (TPSA) is 239 Å². The van der Waals surface area contributed by atoms with Crippen molar-refractivity contribution >= 4 is 11.9 Å². The molecule has 1 aromatic heterocycles. The van der Waals surface area contributed by atoms with Gasteiger partial charge in [-0.15, -0.1) is 0 Å². The van der Waals surface area contributed by atoms with Gasteiger partial charge in [0.2, 0.25) is 5.91 Å². The Morgan fingerprint density at radius 3 is 2.50 bits per heavy atom. The first-order valence-electron chi connectivity index (χ1n) is 15.8. The molecule has 12 atom stereocenters. The van der Waals surface area contributed by atoms with Crippen LogP contribution in [0.25, 0.3) is 0 Å². The van der Waals surface area contributed by atoms with E-state index in [1.54, 1.807) is 33.0 Å². The van der Waals surface area contributed by atoms with Gasteiger partial charge in [0.05, 0.1) is 67.7 Å². The van der Waals surface area contributed by atoms with Crippen molar-refractivity contribution in [3.8, 4) is 0 Å². The highest BCUT2D eigenvalue weighted by Gasteiger charge is 2.51. The molecule has 0 saturated carbocycles. The van der Waals surface area contributed by atoms with Gasteiger partial charge in [0.1, 0.15) is 12.1 Å². The molecule has 2 saturated heterocycles. The van der Waals surface area contributed by atoms with Crippen LogP contribution in [0.2, 0.25) is 0 Å².